The van der Waals surface area contributed by atoms with Crippen LogP contribution in [0.15, 0.2) is 0 Å². The first-order valence-corrected chi connectivity index (χ1v) is 8.81. The summed E-state index contributed by atoms with van der Waals surface area (Å²) in [4.78, 5) is 13.8. The van der Waals surface area contributed by atoms with Crippen LogP contribution in [0.1, 0.15) is 32.1 Å². The lowest BCUT2D eigenvalue weighted by Gasteiger charge is -2.32. The number of nitrogens with zero attached hydrogens (tertiary/aromatic N) is 1. The monoisotopic (exact) mass is 289 g/mol. The molecule has 1 saturated carbocycles. The first-order chi connectivity index (χ1) is 8.94. The molecule has 6 nitrogen and oxygen atoms in total. The Morgan fingerprint density at radius 2 is 2.00 bits per heavy atom. The Labute approximate surface area is 115 Å². The minimum atomic E-state index is -3.19. The third kappa shape index (κ3) is 5.46. The van der Waals surface area contributed by atoms with Crippen LogP contribution >= 0.6 is 0 Å². The van der Waals surface area contributed by atoms with Crippen LogP contribution in [0.2, 0.25) is 0 Å². The van der Waals surface area contributed by atoms with Gasteiger partial charge in [-0.15, -0.1) is 0 Å². The SMILES string of the molecule is CS(=O)(=O)NC1CCCN(C(=O)CCNC2CC2)C1. The Kier molecular flexibility index (Phi) is 4.81. The fourth-order valence-corrected chi connectivity index (χ4v) is 3.23. The van der Waals surface area contributed by atoms with Crippen LogP contribution in [0.5, 0.6) is 0 Å². The Morgan fingerprint density at radius 3 is 2.63 bits per heavy atom. The normalized spacial score (nSPS) is 24.5. The second-order valence-corrected chi connectivity index (χ2v) is 7.33. The van der Waals surface area contributed by atoms with Gasteiger partial charge < -0.3 is 10.2 Å². The molecule has 1 unspecified atom stereocenters. The molecule has 2 rings (SSSR count). The Hall–Kier alpha value is -0.660. The average molecular weight is 289 g/mol. The van der Waals surface area contributed by atoms with Crippen molar-refractivity contribution in [1.29, 1.82) is 0 Å². The maximum absolute atomic E-state index is 12.0. The van der Waals surface area contributed by atoms with E-state index in [1.807, 2.05) is 0 Å². The maximum atomic E-state index is 12.0. The number of amides is 1. The first-order valence-electron chi connectivity index (χ1n) is 6.92. The largest absolute Gasteiger partial charge is 0.341 e. The summed E-state index contributed by atoms with van der Waals surface area (Å²) >= 11 is 0. The van der Waals surface area contributed by atoms with Gasteiger partial charge in [-0.2, -0.15) is 0 Å². The summed E-state index contributed by atoms with van der Waals surface area (Å²) in [5, 5.41) is 3.32. The van der Waals surface area contributed by atoms with Gasteiger partial charge in [-0.3, -0.25) is 4.79 Å². The molecule has 0 aromatic carbocycles. The topological polar surface area (TPSA) is 78.5 Å². The molecule has 0 spiro atoms. The molecule has 110 valence electrons. The van der Waals surface area contributed by atoms with Crippen molar-refractivity contribution >= 4 is 15.9 Å². The van der Waals surface area contributed by atoms with Gasteiger partial charge >= 0.3 is 0 Å². The Balaban J connectivity index is 1.73. The van der Waals surface area contributed by atoms with E-state index in [0.717, 1.165) is 32.2 Å². The highest BCUT2D eigenvalue weighted by atomic mass is 32.2. The van der Waals surface area contributed by atoms with Crippen molar-refractivity contribution in [1.82, 2.24) is 14.9 Å². The second kappa shape index (κ2) is 6.19. The summed E-state index contributed by atoms with van der Waals surface area (Å²) in [6, 6.07) is 0.484. The quantitative estimate of drug-likeness (QED) is 0.702. The molecule has 0 aromatic heterocycles. The van der Waals surface area contributed by atoms with Gasteiger partial charge in [0.2, 0.25) is 15.9 Å². The molecule has 1 saturated heterocycles. The molecule has 2 N–H and O–H groups in total. The van der Waals surface area contributed by atoms with Gasteiger partial charge in [0.1, 0.15) is 0 Å². The van der Waals surface area contributed by atoms with E-state index in [4.69, 9.17) is 0 Å². The van der Waals surface area contributed by atoms with Crippen LogP contribution in [-0.4, -0.2) is 57.2 Å². The van der Waals surface area contributed by atoms with Crippen molar-refractivity contribution in [3.8, 4) is 0 Å². The third-order valence-electron chi connectivity index (χ3n) is 3.50. The molecule has 1 aliphatic heterocycles. The van der Waals surface area contributed by atoms with Crippen molar-refractivity contribution in [3.05, 3.63) is 0 Å². The lowest BCUT2D eigenvalue weighted by Crippen LogP contribution is -2.49. The van der Waals surface area contributed by atoms with Crippen molar-refractivity contribution in [2.75, 3.05) is 25.9 Å². The van der Waals surface area contributed by atoms with E-state index < -0.39 is 10.0 Å². The molecule has 1 atom stereocenters. The molecular weight excluding hydrogens is 266 g/mol. The minimum absolute atomic E-state index is 0.119. The number of likely N-dealkylation sites (tertiary alicyclic amines) is 1. The van der Waals surface area contributed by atoms with Crippen molar-refractivity contribution in [3.63, 3.8) is 0 Å². The summed E-state index contributed by atoms with van der Waals surface area (Å²) in [6.07, 6.45) is 5.76. The molecular formula is C12H23N3O3S. The zero-order valence-corrected chi connectivity index (χ0v) is 12.2. The van der Waals surface area contributed by atoms with Gasteiger partial charge in [0.25, 0.3) is 0 Å². The highest BCUT2D eigenvalue weighted by Gasteiger charge is 2.26. The van der Waals surface area contributed by atoms with Gasteiger partial charge in [-0.25, -0.2) is 13.1 Å². The molecule has 2 aliphatic rings. The van der Waals surface area contributed by atoms with E-state index in [0.29, 0.717) is 19.0 Å². The highest BCUT2D eigenvalue weighted by Crippen LogP contribution is 2.18. The van der Waals surface area contributed by atoms with Gasteiger partial charge in [-0.05, 0) is 25.7 Å². The van der Waals surface area contributed by atoms with Crippen molar-refractivity contribution in [2.24, 2.45) is 0 Å². The molecule has 0 bridgehead atoms. The highest BCUT2D eigenvalue weighted by molar-refractivity contribution is 7.88. The molecule has 0 aromatic rings. The van der Waals surface area contributed by atoms with Gasteiger partial charge in [-0.1, -0.05) is 0 Å². The third-order valence-corrected chi connectivity index (χ3v) is 4.27. The van der Waals surface area contributed by atoms with Crippen LogP contribution in [-0.2, 0) is 14.8 Å². The average Bonchev–Trinajstić information content (AvgIpc) is 3.11. The molecule has 1 heterocycles. The standard InChI is InChI=1S/C12H23N3O3S/c1-19(17,18)14-11-3-2-8-15(9-11)12(16)6-7-13-10-4-5-10/h10-11,13-14H,2-9H2,1H3. The van der Waals surface area contributed by atoms with Crippen LogP contribution < -0.4 is 10.0 Å². The predicted octanol–water partition coefficient (Wildman–Crippen LogP) is -0.331. The molecule has 19 heavy (non-hydrogen) atoms. The number of nitrogens with one attached hydrogen (secondary N) is 2. The van der Waals surface area contributed by atoms with E-state index in [9.17, 15) is 13.2 Å². The summed E-state index contributed by atoms with van der Waals surface area (Å²) < 4.78 is 25.0. The number of carbonyl (C=O) groups excluding carboxylic acids is 1. The second-order valence-electron chi connectivity index (χ2n) is 5.55. The molecule has 0 radical (unpaired) electrons. The van der Waals surface area contributed by atoms with Gasteiger partial charge in [0, 0.05) is 38.1 Å². The number of carbonyl (C=O) groups is 1. The molecule has 2 fully saturated rings. The Bertz CT molecular complexity index is 420. The Morgan fingerprint density at radius 1 is 1.26 bits per heavy atom. The van der Waals surface area contributed by atoms with Crippen molar-refractivity contribution in [2.45, 2.75) is 44.2 Å². The van der Waals surface area contributed by atoms with Crippen LogP contribution in [0, 0.1) is 0 Å². The number of hydrogen-bond donors (Lipinski definition) is 2. The first kappa shape index (κ1) is 14.7. The fourth-order valence-electron chi connectivity index (χ4n) is 2.43. The van der Waals surface area contributed by atoms with E-state index in [1.165, 1.54) is 12.8 Å². The van der Waals surface area contributed by atoms with Crippen LogP contribution in [0.4, 0.5) is 0 Å². The summed E-state index contributed by atoms with van der Waals surface area (Å²) in [6.45, 7) is 1.96. The lowest BCUT2D eigenvalue weighted by molar-refractivity contribution is -0.132. The smallest absolute Gasteiger partial charge is 0.223 e. The van der Waals surface area contributed by atoms with Crippen LogP contribution in [0.25, 0.3) is 0 Å². The van der Waals surface area contributed by atoms with E-state index in [1.54, 1.807) is 4.90 Å². The van der Waals surface area contributed by atoms with Crippen molar-refractivity contribution < 1.29 is 13.2 Å². The zero-order valence-electron chi connectivity index (χ0n) is 11.4. The number of hydrogen-bond acceptors (Lipinski definition) is 4. The lowest BCUT2D eigenvalue weighted by atomic mass is 10.1. The van der Waals surface area contributed by atoms with Gasteiger partial charge in [0.15, 0.2) is 0 Å². The number of rotatable bonds is 6. The summed E-state index contributed by atoms with van der Waals surface area (Å²) in [5.41, 5.74) is 0. The summed E-state index contributed by atoms with van der Waals surface area (Å²) in [5.74, 6) is 0.119. The zero-order chi connectivity index (χ0) is 13.9. The molecule has 1 amide bonds. The van der Waals surface area contributed by atoms with E-state index >= 15 is 0 Å². The molecule has 1 aliphatic carbocycles. The predicted molar refractivity (Wildman–Crippen MR) is 73.2 cm³/mol. The fraction of sp³-hybridized carbons (Fsp3) is 0.917. The minimum Gasteiger partial charge on any atom is -0.341 e. The molecule has 7 heteroatoms. The van der Waals surface area contributed by atoms with Gasteiger partial charge in [0.05, 0.1) is 6.26 Å². The van der Waals surface area contributed by atoms with Crippen LogP contribution in [0.3, 0.4) is 0 Å². The maximum Gasteiger partial charge on any atom is 0.223 e. The number of piperidine rings is 1. The van der Waals surface area contributed by atoms with E-state index in [-0.39, 0.29) is 11.9 Å². The summed E-state index contributed by atoms with van der Waals surface area (Å²) in [7, 11) is -3.19. The number of sulfonamides is 1. The van der Waals surface area contributed by atoms with E-state index in [2.05, 4.69) is 10.0 Å².